The summed E-state index contributed by atoms with van der Waals surface area (Å²) >= 11 is 3.58. The molecule has 0 bridgehead atoms. The Hall–Kier alpha value is -1.13. The standard InChI is InChI=1S/C14H18BrN3/c1-4-18-6-5-17-14(18)13(16)11-7-9(2)12(15)10(3)8-11/h5-8,13H,4,16H2,1-3H3. The minimum atomic E-state index is -0.176. The number of nitrogens with two attached hydrogens (primary N) is 1. The number of hydrogen-bond donors (Lipinski definition) is 1. The van der Waals surface area contributed by atoms with Crippen molar-refractivity contribution >= 4 is 15.9 Å². The third kappa shape index (κ3) is 2.35. The Labute approximate surface area is 116 Å². The molecule has 96 valence electrons. The van der Waals surface area contributed by atoms with Gasteiger partial charge in [0.05, 0.1) is 6.04 Å². The SMILES string of the molecule is CCn1ccnc1C(N)c1cc(C)c(Br)c(C)c1. The molecule has 1 heterocycles. The van der Waals surface area contributed by atoms with Crippen molar-refractivity contribution in [3.63, 3.8) is 0 Å². The second-order valence-corrected chi connectivity index (χ2v) is 5.31. The lowest BCUT2D eigenvalue weighted by Gasteiger charge is -2.16. The van der Waals surface area contributed by atoms with Gasteiger partial charge in [-0.3, -0.25) is 0 Å². The van der Waals surface area contributed by atoms with Crippen LogP contribution in [0.15, 0.2) is 29.0 Å². The van der Waals surface area contributed by atoms with Gasteiger partial charge in [-0.25, -0.2) is 4.98 Å². The van der Waals surface area contributed by atoms with Crippen LogP contribution in [0, 0.1) is 13.8 Å². The molecule has 0 amide bonds. The van der Waals surface area contributed by atoms with Gasteiger partial charge in [0, 0.05) is 23.4 Å². The number of aromatic nitrogens is 2. The number of halogens is 1. The van der Waals surface area contributed by atoms with E-state index in [0.717, 1.165) is 22.4 Å². The zero-order valence-electron chi connectivity index (χ0n) is 10.9. The number of aryl methyl sites for hydroxylation is 3. The highest BCUT2D eigenvalue weighted by molar-refractivity contribution is 9.10. The quantitative estimate of drug-likeness (QED) is 0.945. The molecule has 0 radical (unpaired) electrons. The van der Waals surface area contributed by atoms with Crippen molar-refractivity contribution in [3.8, 4) is 0 Å². The van der Waals surface area contributed by atoms with Gasteiger partial charge in [-0.05, 0) is 37.5 Å². The molecule has 0 fully saturated rings. The number of benzene rings is 1. The van der Waals surface area contributed by atoms with Gasteiger partial charge >= 0.3 is 0 Å². The molecule has 0 aliphatic carbocycles. The second kappa shape index (κ2) is 5.24. The van der Waals surface area contributed by atoms with Gasteiger partial charge in [-0.1, -0.05) is 28.1 Å². The van der Waals surface area contributed by atoms with Crippen LogP contribution in [0.2, 0.25) is 0 Å². The van der Waals surface area contributed by atoms with Crippen molar-refractivity contribution in [2.75, 3.05) is 0 Å². The summed E-state index contributed by atoms with van der Waals surface area (Å²) in [5, 5.41) is 0. The molecule has 1 unspecified atom stereocenters. The first kappa shape index (κ1) is 13.3. The molecule has 4 heteroatoms. The fraction of sp³-hybridized carbons (Fsp3) is 0.357. The summed E-state index contributed by atoms with van der Waals surface area (Å²) < 4.78 is 3.23. The van der Waals surface area contributed by atoms with E-state index in [0.29, 0.717) is 0 Å². The highest BCUT2D eigenvalue weighted by Crippen LogP contribution is 2.27. The van der Waals surface area contributed by atoms with Gasteiger partial charge in [0.1, 0.15) is 5.82 Å². The molecule has 0 saturated heterocycles. The van der Waals surface area contributed by atoms with Gasteiger partial charge in [0.15, 0.2) is 0 Å². The fourth-order valence-corrected chi connectivity index (χ4v) is 2.40. The minimum Gasteiger partial charge on any atom is -0.334 e. The van der Waals surface area contributed by atoms with Gasteiger partial charge in [0.2, 0.25) is 0 Å². The predicted octanol–water partition coefficient (Wildman–Crippen LogP) is 3.33. The number of nitrogens with zero attached hydrogens (tertiary/aromatic N) is 2. The van der Waals surface area contributed by atoms with Crippen molar-refractivity contribution in [2.24, 2.45) is 5.73 Å². The lowest BCUT2D eigenvalue weighted by molar-refractivity contribution is 0.656. The van der Waals surface area contributed by atoms with Crippen LogP contribution in [0.4, 0.5) is 0 Å². The van der Waals surface area contributed by atoms with Crippen LogP contribution in [0.1, 0.15) is 35.5 Å². The maximum atomic E-state index is 6.33. The zero-order chi connectivity index (χ0) is 13.3. The van der Waals surface area contributed by atoms with E-state index < -0.39 is 0 Å². The monoisotopic (exact) mass is 307 g/mol. The molecule has 2 rings (SSSR count). The van der Waals surface area contributed by atoms with Crippen molar-refractivity contribution in [2.45, 2.75) is 33.4 Å². The molecule has 2 aromatic rings. The summed E-state index contributed by atoms with van der Waals surface area (Å²) in [4.78, 5) is 4.37. The lowest BCUT2D eigenvalue weighted by atomic mass is 10.0. The molecule has 2 N–H and O–H groups in total. The Bertz CT molecular complexity index is 537. The Morgan fingerprint density at radius 1 is 1.33 bits per heavy atom. The summed E-state index contributed by atoms with van der Waals surface area (Å²) in [6.07, 6.45) is 3.77. The molecule has 0 spiro atoms. The Kier molecular flexibility index (Phi) is 3.88. The van der Waals surface area contributed by atoms with Gasteiger partial charge in [-0.2, -0.15) is 0 Å². The summed E-state index contributed by atoms with van der Waals surface area (Å²) in [5.74, 6) is 0.915. The number of imidazole rings is 1. The van der Waals surface area contributed by atoms with Crippen LogP contribution in [0.5, 0.6) is 0 Å². The summed E-state index contributed by atoms with van der Waals surface area (Å²) in [5.41, 5.74) is 9.84. The average Bonchev–Trinajstić information content (AvgIpc) is 2.82. The van der Waals surface area contributed by atoms with E-state index in [2.05, 4.69) is 58.4 Å². The first-order valence-electron chi connectivity index (χ1n) is 6.07. The van der Waals surface area contributed by atoms with E-state index in [1.54, 1.807) is 6.20 Å². The maximum absolute atomic E-state index is 6.33. The zero-order valence-corrected chi connectivity index (χ0v) is 12.5. The van der Waals surface area contributed by atoms with E-state index in [1.807, 2.05) is 6.20 Å². The predicted molar refractivity (Wildman–Crippen MR) is 77.5 cm³/mol. The summed E-state index contributed by atoms with van der Waals surface area (Å²) in [6.45, 7) is 7.15. The van der Waals surface area contributed by atoms with Crippen LogP contribution in [-0.4, -0.2) is 9.55 Å². The van der Waals surface area contributed by atoms with Crippen molar-refractivity contribution in [3.05, 3.63) is 51.5 Å². The van der Waals surface area contributed by atoms with Crippen LogP contribution < -0.4 is 5.73 Å². The van der Waals surface area contributed by atoms with Gasteiger partial charge in [0.25, 0.3) is 0 Å². The number of hydrogen-bond acceptors (Lipinski definition) is 2. The highest BCUT2D eigenvalue weighted by atomic mass is 79.9. The Morgan fingerprint density at radius 3 is 2.50 bits per heavy atom. The Balaban J connectivity index is 2.43. The lowest BCUT2D eigenvalue weighted by Crippen LogP contribution is -2.18. The van der Waals surface area contributed by atoms with Crippen LogP contribution in [0.3, 0.4) is 0 Å². The molecule has 1 aromatic heterocycles. The topological polar surface area (TPSA) is 43.8 Å². The molecule has 0 aliphatic rings. The van der Waals surface area contributed by atoms with Gasteiger partial charge in [-0.15, -0.1) is 0 Å². The third-order valence-electron chi connectivity index (χ3n) is 3.18. The average molecular weight is 308 g/mol. The summed E-state index contributed by atoms with van der Waals surface area (Å²) in [7, 11) is 0. The van der Waals surface area contributed by atoms with E-state index in [9.17, 15) is 0 Å². The molecule has 3 nitrogen and oxygen atoms in total. The summed E-state index contributed by atoms with van der Waals surface area (Å²) in [6, 6.07) is 4.07. The first-order valence-corrected chi connectivity index (χ1v) is 6.87. The maximum Gasteiger partial charge on any atom is 0.130 e. The minimum absolute atomic E-state index is 0.176. The van der Waals surface area contributed by atoms with E-state index in [4.69, 9.17) is 5.73 Å². The fourth-order valence-electron chi connectivity index (χ4n) is 2.18. The molecule has 0 saturated carbocycles. The molecular weight excluding hydrogens is 290 g/mol. The van der Waals surface area contributed by atoms with E-state index in [-0.39, 0.29) is 6.04 Å². The molecule has 1 atom stereocenters. The molecule has 18 heavy (non-hydrogen) atoms. The largest absolute Gasteiger partial charge is 0.334 e. The first-order chi connectivity index (χ1) is 8.54. The third-order valence-corrected chi connectivity index (χ3v) is 4.44. The number of rotatable bonds is 3. The highest BCUT2D eigenvalue weighted by Gasteiger charge is 2.15. The van der Waals surface area contributed by atoms with Crippen LogP contribution in [0.25, 0.3) is 0 Å². The smallest absolute Gasteiger partial charge is 0.130 e. The normalized spacial score (nSPS) is 12.7. The molecule has 1 aromatic carbocycles. The second-order valence-electron chi connectivity index (χ2n) is 4.52. The Morgan fingerprint density at radius 2 is 1.94 bits per heavy atom. The molecular formula is C14H18BrN3. The van der Waals surface area contributed by atoms with E-state index in [1.165, 1.54) is 11.1 Å². The van der Waals surface area contributed by atoms with Crippen molar-refractivity contribution in [1.82, 2.24) is 9.55 Å². The van der Waals surface area contributed by atoms with Gasteiger partial charge < -0.3 is 10.3 Å². The van der Waals surface area contributed by atoms with Crippen molar-refractivity contribution in [1.29, 1.82) is 0 Å². The molecule has 0 aliphatic heterocycles. The van der Waals surface area contributed by atoms with Crippen molar-refractivity contribution < 1.29 is 0 Å². The van der Waals surface area contributed by atoms with E-state index >= 15 is 0 Å². The van der Waals surface area contributed by atoms with Crippen LogP contribution in [-0.2, 0) is 6.54 Å². The van der Waals surface area contributed by atoms with Crippen LogP contribution >= 0.6 is 15.9 Å².